The van der Waals surface area contributed by atoms with E-state index in [-0.39, 0.29) is 0 Å². The van der Waals surface area contributed by atoms with E-state index in [9.17, 15) is 0 Å². The SMILES string of the molecule is C1CCCCCCCNNNNNNCCCCCC1. The minimum atomic E-state index is 0.988. The van der Waals surface area contributed by atoms with Gasteiger partial charge in [-0.25, -0.2) is 10.9 Å². The van der Waals surface area contributed by atoms with E-state index in [2.05, 4.69) is 33.0 Å². The van der Waals surface area contributed by atoms with Crippen LogP contribution in [0.3, 0.4) is 0 Å². The van der Waals surface area contributed by atoms with Crippen LogP contribution in [0.2, 0.25) is 0 Å². The second-order valence-electron chi connectivity index (χ2n) is 5.60. The van der Waals surface area contributed by atoms with Crippen molar-refractivity contribution in [2.75, 3.05) is 13.1 Å². The summed E-state index contributed by atoms with van der Waals surface area (Å²) in [6.45, 7) is 1.98. The topological polar surface area (TPSA) is 72.2 Å². The molecule has 0 radical (unpaired) electrons. The van der Waals surface area contributed by atoms with Gasteiger partial charge >= 0.3 is 0 Å². The van der Waals surface area contributed by atoms with Crippen LogP contribution < -0.4 is 33.0 Å². The Morgan fingerprint density at radius 3 is 0.950 bits per heavy atom. The van der Waals surface area contributed by atoms with Crippen LogP contribution in [0.4, 0.5) is 0 Å². The molecule has 1 fully saturated rings. The fraction of sp³-hybridized carbons (Fsp3) is 1.00. The van der Waals surface area contributed by atoms with Gasteiger partial charge in [0.05, 0.1) is 0 Å². The lowest BCUT2D eigenvalue weighted by atomic mass is 10.1. The van der Waals surface area contributed by atoms with Crippen molar-refractivity contribution in [2.45, 2.75) is 77.0 Å². The lowest BCUT2D eigenvalue weighted by Gasteiger charge is -2.12. The van der Waals surface area contributed by atoms with Gasteiger partial charge in [-0.15, -0.1) is 0 Å². The van der Waals surface area contributed by atoms with Crippen LogP contribution in [-0.2, 0) is 0 Å². The van der Waals surface area contributed by atoms with Crippen LogP contribution in [0.25, 0.3) is 0 Å². The van der Waals surface area contributed by atoms with Crippen molar-refractivity contribution in [2.24, 2.45) is 0 Å². The highest BCUT2D eigenvalue weighted by molar-refractivity contribution is 4.50. The average molecular weight is 286 g/mol. The molecule has 120 valence electrons. The van der Waals surface area contributed by atoms with E-state index in [4.69, 9.17) is 0 Å². The molecule has 0 atom stereocenters. The third kappa shape index (κ3) is 12.8. The fourth-order valence-corrected chi connectivity index (χ4v) is 2.47. The molecule has 0 saturated carbocycles. The molecular weight excluding hydrogens is 252 g/mol. The second-order valence-corrected chi connectivity index (χ2v) is 5.60. The Morgan fingerprint density at radius 2 is 0.600 bits per heavy atom. The molecule has 1 aliphatic heterocycles. The molecule has 0 unspecified atom stereocenters. The Bertz CT molecular complexity index is 104. The van der Waals surface area contributed by atoms with Gasteiger partial charge in [-0.1, -0.05) is 64.2 Å². The fourth-order valence-electron chi connectivity index (χ4n) is 2.47. The summed E-state index contributed by atoms with van der Waals surface area (Å²) in [7, 11) is 0. The van der Waals surface area contributed by atoms with Gasteiger partial charge in [-0.2, -0.15) is 22.1 Å². The first-order valence-corrected chi connectivity index (χ1v) is 8.46. The van der Waals surface area contributed by atoms with Gasteiger partial charge in [-0.05, 0) is 12.8 Å². The first-order chi connectivity index (χ1) is 10.0. The number of hydrazine groups is 5. The van der Waals surface area contributed by atoms with Gasteiger partial charge in [-0.3, -0.25) is 0 Å². The van der Waals surface area contributed by atoms with Crippen molar-refractivity contribution in [3.8, 4) is 0 Å². The Morgan fingerprint density at radius 1 is 0.300 bits per heavy atom. The van der Waals surface area contributed by atoms with Crippen LogP contribution in [0.1, 0.15) is 77.0 Å². The van der Waals surface area contributed by atoms with E-state index in [1.807, 2.05) is 0 Å². The summed E-state index contributed by atoms with van der Waals surface area (Å²) < 4.78 is 0. The van der Waals surface area contributed by atoms with Gasteiger partial charge in [0.2, 0.25) is 0 Å². The van der Waals surface area contributed by atoms with Gasteiger partial charge in [0.15, 0.2) is 0 Å². The summed E-state index contributed by atoms with van der Waals surface area (Å²) in [6.07, 6.45) is 16.4. The van der Waals surface area contributed by atoms with Crippen LogP contribution >= 0.6 is 0 Å². The molecule has 0 aliphatic carbocycles. The normalized spacial score (nSPS) is 24.0. The number of rotatable bonds is 0. The van der Waals surface area contributed by atoms with Crippen molar-refractivity contribution in [3.05, 3.63) is 0 Å². The van der Waals surface area contributed by atoms with E-state index < -0.39 is 0 Å². The third-order valence-electron chi connectivity index (χ3n) is 3.72. The standard InChI is InChI=1S/C14H34N6/c1-2-4-6-8-10-12-14-16-18-20-19-17-15-13-11-9-7-5-3-1/h15-20H,1-14H2. The summed E-state index contributed by atoms with van der Waals surface area (Å²) in [6, 6.07) is 0. The molecule has 6 N–H and O–H groups in total. The number of hydrogen-bond acceptors (Lipinski definition) is 6. The molecule has 0 aromatic rings. The van der Waals surface area contributed by atoms with Gasteiger partial charge in [0, 0.05) is 13.1 Å². The molecular formula is C14H34N6. The summed E-state index contributed by atoms with van der Waals surface area (Å²) in [5.41, 5.74) is 17.7. The zero-order valence-corrected chi connectivity index (χ0v) is 12.9. The lowest BCUT2D eigenvalue weighted by molar-refractivity contribution is 0.292. The zero-order valence-electron chi connectivity index (χ0n) is 12.9. The van der Waals surface area contributed by atoms with Crippen LogP contribution in [0.15, 0.2) is 0 Å². The van der Waals surface area contributed by atoms with Crippen LogP contribution in [0.5, 0.6) is 0 Å². The van der Waals surface area contributed by atoms with Crippen molar-refractivity contribution in [1.82, 2.24) is 33.0 Å². The molecule has 1 saturated heterocycles. The largest absolute Gasteiger partial charge is 0.243 e. The number of nitrogens with one attached hydrogen (secondary N) is 6. The maximum atomic E-state index is 3.12. The molecule has 20 heavy (non-hydrogen) atoms. The van der Waals surface area contributed by atoms with Gasteiger partial charge in [0.1, 0.15) is 0 Å². The Hall–Kier alpha value is -0.240. The van der Waals surface area contributed by atoms with E-state index in [1.54, 1.807) is 0 Å². The van der Waals surface area contributed by atoms with Gasteiger partial charge in [0.25, 0.3) is 0 Å². The van der Waals surface area contributed by atoms with Crippen molar-refractivity contribution < 1.29 is 0 Å². The number of hydrogen-bond donors (Lipinski definition) is 6. The molecule has 0 aromatic carbocycles. The highest BCUT2D eigenvalue weighted by Gasteiger charge is 1.94. The third-order valence-corrected chi connectivity index (χ3v) is 3.72. The summed E-state index contributed by atoms with van der Waals surface area (Å²) in [5.74, 6) is 0. The molecule has 1 heterocycles. The maximum absolute atomic E-state index is 3.12. The Kier molecular flexibility index (Phi) is 13.5. The minimum Gasteiger partial charge on any atom is -0.243 e. The monoisotopic (exact) mass is 286 g/mol. The quantitative estimate of drug-likeness (QED) is 0.408. The Labute approximate surface area is 124 Å². The smallest absolute Gasteiger partial charge is 0.0113 e. The molecule has 0 aromatic heterocycles. The molecule has 0 amide bonds. The summed E-state index contributed by atoms with van der Waals surface area (Å²) in [5, 5.41) is 0. The molecule has 1 aliphatic rings. The van der Waals surface area contributed by atoms with Gasteiger partial charge < -0.3 is 0 Å². The van der Waals surface area contributed by atoms with Crippen LogP contribution in [0, 0.1) is 0 Å². The van der Waals surface area contributed by atoms with Crippen LogP contribution in [-0.4, -0.2) is 13.1 Å². The van der Waals surface area contributed by atoms with Crippen molar-refractivity contribution in [3.63, 3.8) is 0 Å². The van der Waals surface area contributed by atoms with Crippen molar-refractivity contribution in [1.29, 1.82) is 0 Å². The lowest BCUT2D eigenvalue weighted by Crippen LogP contribution is -2.58. The zero-order chi connectivity index (χ0) is 14.1. The maximum Gasteiger partial charge on any atom is 0.0113 e. The van der Waals surface area contributed by atoms with E-state index in [1.165, 1.54) is 77.0 Å². The molecule has 6 heteroatoms. The highest BCUT2D eigenvalue weighted by Crippen LogP contribution is 2.11. The molecule has 0 spiro atoms. The van der Waals surface area contributed by atoms with Crippen molar-refractivity contribution >= 4 is 0 Å². The highest BCUT2D eigenvalue weighted by atomic mass is 15.8. The predicted octanol–water partition coefficient (Wildman–Crippen LogP) is 1.79. The predicted molar refractivity (Wildman–Crippen MR) is 84.0 cm³/mol. The first kappa shape index (κ1) is 17.8. The van der Waals surface area contributed by atoms with E-state index >= 15 is 0 Å². The van der Waals surface area contributed by atoms with E-state index in [0.29, 0.717) is 0 Å². The van der Waals surface area contributed by atoms with E-state index in [0.717, 1.165) is 13.1 Å². The molecule has 1 rings (SSSR count). The minimum absolute atomic E-state index is 0.988. The first-order valence-electron chi connectivity index (χ1n) is 8.46. The average Bonchev–Trinajstić information content (AvgIpc) is 2.46. The Balaban J connectivity index is 2.00. The summed E-state index contributed by atoms with van der Waals surface area (Å²) in [4.78, 5) is 0. The second kappa shape index (κ2) is 15.2. The molecule has 6 nitrogen and oxygen atoms in total. The molecule has 0 bridgehead atoms. The summed E-state index contributed by atoms with van der Waals surface area (Å²) >= 11 is 0.